The topological polar surface area (TPSA) is 67.1 Å². The molecule has 1 N–H and O–H groups in total. The average molecular weight is 195 g/mol. The second kappa shape index (κ2) is 9.18. The van der Waals surface area contributed by atoms with Crippen molar-refractivity contribution < 1.29 is 10.0 Å². The molecule has 0 aliphatic carbocycles. The number of aromatic nitrogens is 1. The number of oxime groups is 2. The third kappa shape index (κ3) is 8.19. The Hall–Kier alpha value is -1.91. The van der Waals surface area contributed by atoms with Gasteiger partial charge in [-0.15, -0.1) is 0 Å². The van der Waals surface area contributed by atoms with Crippen LogP contribution in [-0.2, 0) is 4.84 Å². The number of hydrogen-bond acceptors (Lipinski definition) is 5. The molecule has 1 aromatic heterocycles. The Morgan fingerprint density at radius 2 is 2.00 bits per heavy atom. The molecule has 5 nitrogen and oxygen atoms in total. The third-order valence-electron chi connectivity index (χ3n) is 1.05. The molecule has 0 spiro atoms. The van der Waals surface area contributed by atoms with E-state index < -0.39 is 0 Å². The smallest absolute Gasteiger partial charge is 0.106 e. The largest absolute Gasteiger partial charge is 0.411 e. The van der Waals surface area contributed by atoms with E-state index in [1.807, 2.05) is 18.2 Å². The second-order valence-electron chi connectivity index (χ2n) is 2.18. The molecule has 0 radical (unpaired) electrons. The van der Waals surface area contributed by atoms with Gasteiger partial charge >= 0.3 is 0 Å². The monoisotopic (exact) mass is 195 g/mol. The fourth-order valence-corrected chi connectivity index (χ4v) is 0.564. The summed E-state index contributed by atoms with van der Waals surface area (Å²) in [4.78, 5) is 8.13. The van der Waals surface area contributed by atoms with E-state index in [1.165, 1.54) is 13.3 Å². The Kier molecular flexibility index (Phi) is 7.93. The van der Waals surface area contributed by atoms with Gasteiger partial charge in [0.05, 0.1) is 11.9 Å². The zero-order chi connectivity index (χ0) is 10.6. The number of rotatable bonds is 2. The second-order valence-corrected chi connectivity index (χ2v) is 2.18. The molecule has 0 atom stereocenters. The van der Waals surface area contributed by atoms with Crippen LogP contribution in [0.4, 0.5) is 0 Å². The van der Waals surface area contributed by atoms with E-state index in [4.69, 9.17) is 5.21 Å². The van der Waals surface area contributed by atoms with E-state index in [9.17, 15) is 0 Å². The minimum absolute atomic E-state index is 0.523. The van der Waals surface area contributed by atoms with Gasteiger partial charge in [-0.05, 0) is 19.1 Å². The van der Waals surface area contributed by atoms with Crippen LogP contribution in [0, 0.1) is 0 Å². The molecular weight excluding hydrogens is 182 g/mol. The van der Waals surface area contributed by atoms with E-state index in [-0.39, 0.29) is 0 Å². The first kappa shape index (κ1) is 12.1. The van der Waals surface area contributed by atoms with Crippen LogP contribution in [0.1, 0.15) is 6.92 Å². The standard InChI is InChI=1S/C5H5N.C4H8N2O2/c1-2-4-6-5-3-1;1-4(3-5-7)6-8-2/h1-5H;3,7H,1-2H3. The summed E-state index contributed by atoms with van der Waals surface area (Å²) in [5, 5.41) is 14.0. The summed E-state index contributed by atoms with van der Waals surface area (Å²) in [5.41, 5.74) is 0.523. The molecule has 76 valence electrons. The highest BCUT2D eigenvalue weighted by Crippen LogP contribution is 1.73. The molecule has 0 unspecified atom stereocenters. The third-order valence-corrected chi connectivity index (χ3v) is 1.05. The molecule has 0 amide bonds. The van der Waals surface area contributed by atoms with Crippen LogP contribution in [0.5, 0.6) is 0 Å². The Morgan fingerprint density at radius 1 is 1.36 bits per heavy atom. The van der Waals surface area contributed by atoms with Crippen LogP contribution in [0.25, 0.3) is 0 Å². The molecule has 1 rings (SSSR count). The molecule has 0 saturated heterocycles. The Labute approximate surface area is 82.7 Å². The van der Waals surface area contributed by atoms with Crippen molar-refractivity contribution in [3.63, 3.8) is 0 Å². The summed E-state index contributed by atoms with van der Waals surface area (Å²) in [6.45, 7) is 1.66. The summed E-state index contributed by atoms with van der Waals surface area (Å²) in [6.07, 6.45) is 4.68. The van der Waals surface area contributed by atoms with Gasteiger partial charge in [-0.2, -0.15) is 0 Å². The molecule has 0 aromatic carbocycles. The van der Waals surface area contributed by atoms with Crippen LogP contribution in [0.3, 0.4) is 0 Å². The van der Waals surface area contributed by atoms with Gasteiger partial charge in [0.2, 0.25) is 0 Å². The molecular formula is C9H13N3O2. The first-order valence-corrected chi connectivity index (χ1v) is 3.91. The number of hydrogen-bond donors (Lipinski definition) is 1. The maximum atomic E-state index is 7.90. The predicted molar refractivity (Wildman–Crippen MR) is 54.6 cm³/mol. The van der Waals surface area contributed by atoms with Gasteiger partial charge in [0, 0.05) is 12.4 Å². The van der Waals surface area contributed by atoms with Gasteiger partial charge in [-0.3, -0.25) is 4.98 Å². The Balaban J connectivity index is 0.000000249. The van der Waals surface area contributed by atoms with Gasteiger partial charge in [0.1, 0.15) is 7.11 Å². The van der Waals surface area contributed by atoms with Crippen LogP contribution in [0.15, 0.2) is 40.9 Å². The summed E-state index contributed by atoms with van der Waals surface area (Å²) < 4.78 is 0. The van der Waals surface area contributed by atoms with E-state index in [1.54, 1.807) is 19.3 Å². The lowest BCUT2D eigenvalue weighted by Crippen LogP contribution is -1.91. The first-order chi connectivity index (χ1) is 6.81. The van der Waals surface area contributed by atoms with Crippen molar-refractivity contribution >= 4 is 11.9 Å². The van der Waals surface area contributed by atoms with Crippen LogP contribution < -0.4 is 0 Å². The van der Waals surface area contributed by atoms with Crippen molar-refractivity contribution in [3.05, 3.63) is 30.6 Å². The fourth-order valence-electron chi connectivity index (χ4n) is 0.564. The van der Waals surface area contributed by atoms with Crippen LogP contribution >= 0.6 is 0 Å². The van der Waals surface area contributed by atoms with Crippen LogP contribution in [0.2, 0.25) is 0 Å². The van der Waals surface area contributed by atoms with E-state index in [2.05, 4.69) is 20.1 Å². The average Bonchev–Trinajstić information content (AvgIpc) is 2.22. The lowest BCUT2D eigenvalue weighted by Gasteiger charge is -1.85. The van der Waals surface area contributed by atoms with Gasteiger partial charge in [-0.1, -0.05) is 16.4 Å². The lowest BCUT2D eigenvalue weighted by molar-refractivity contribution is 0.214. The lowest BCUT2D eigenvalue weighted by atomic mass is 10.5. The maximum absolute atomic E-state index is 7.90. The van der Waals surface area contributed by atoms with Gasteiger partial charge in [0.15, 0.2) is 0 Å². The van der Waals surface area contributed by atoms with E-state index >= 15 is 0 Å². The summed E-state index contributed by atoms with van der Waals surface area (Å²) in [7, 11) is 1.43. The number of pyridine rings is 1. The quantitative estimate of drug-likeness (QED) is 0.442. The molecule has 0 saturated carbocycles. The van der Waals surface area contributed by atoms with Crippen molar-refractivity contribution in [3.8, 4) is 0 Å². The van der Waals surface area contributed by atoms with Crippen molar-refractivity contribution in [1.82, 2.24) is 4.98 Å². The minimum Gasteiger partial charge on any atom is -0.411 e. The first-order valence-electron chi connectivity index (χ1n) is 3.91. The molecule has 14 heavy (non-hydrogen) atoms. The summed E-state index contributed by atoms with van der Waals surface area (Å²) in [5.74, 6) is 0. The van der Waals surface area contributed by atoms with E-state index in [0.717, 1.165) is 0 Å². The Morgan fingerprint density at radius 3 is 2.29 bits per heavy atom. The molecule has 0 bridgehead atoms. The van der Waals surface area contributed by atoms with Gasteiger partial charge in [0.25, 0.3) is 0 Å². The molecule has 0 aliphatic heterocycles. The van der Waals surface area contributed by atoms with Crippen molar-refractivity contribution in [2.75, 3.05) is 7.11 Å². The molecule has 5 heteroatoms. The van der Waals surface area contributed by atoms with Gasteiger partial charge < -0.3 is 10.0 Å². The zero-order valence-corrected chi connectivity index (χ0v) is 8.16. The zero-order valence-electron chi connectivity index (χ0n) is 8.16. The van der Waals surface area contributed by atoms with Crippen molar-refractivity contribution in [1.29, 1.82) is 0 Å². The minimum atomic E-state index is 0.523. The SMILES string of the molecule is CON=C(C)C=NO.c1ccncc1. The van der Waals surface area contributed by atoms with E-state index in [0.29, 0.717) is 5.71 Å². The normalized spacial score (nSPS) is 10.6. The van der Waals surface area contributed by atoms with Crippen molar-refractivity contribution in [2.24, 2.45) is 10.3 Å². The molecule has 0 fully saturated rings. The summed E-state index contributed by atoms with van der Waals surface area (Å²) >= 11 is 0. The molecule has 0 aliphatic rings. The van der Waals surface area contributed by atoms with Crippen molar-refractivity contribution in [2.45, 2.75) is 6.92 Å². The maximum Gasteiger partial charge on any atom is 0.106 e. The highest BCUT2D eigenvalue weighted by Gasteiger charge is 1.79. The summed E-state index contributed by atoms with van der Waals surface area (Å²) in [6, 6.07) is 5.72. The fraction of sp³-hybridized carbons (Fsp3) is 0.222. The molecule has 1 aromatic rings. The Bertz CT molecular complexity index is 246. The van der Waals surface area contributed by atoms with Gasteiger partial charge in [-0.25, -0.2) is 0 Å². The van der Waals surface area contributed by atoms with Crippen LogP contribution in [-0.4, -0.2) is 29.2 Å². The molecule has 1 heterocycles. The highest BCUT2D eigenvalue weighted by atomic mass is 16.6. The predicted octanol–water partition coefficient (Wildman–Crippen LogP) is 1.55. The number of nitrogens with zero attached hydrogens (tertiary/aromatic N) is 3. The highest BCUT2D eigenvalue weighted by molar-refractivity contribution is 6.29.